The molecule has 2 heteroatoms. The maximum absolute atomic E-state index is 2.75. The molecular formula is C11H20N2. The molecule has 2 saturated heterocycles. The number of hydrogen-bond acceptors (Lipinski definition) is 2. The Kier molecular flexibility index (Phi) is 1.88. The van der Waals surface area contributed by atoms with Gasteiger partial charge in [-0.05, 0) is 38.1 Å². The van der Waals surface area contributed by atoms with Gasteiger partial charge in [0.05, 0.1) is 0 Å². The zero-order chi connectivity index (χ0) is 8.84. The van der Waals surface area contributed by atoms with Gasteiger partial charge in [-0.25, -0.2) is 0 Å². The number of piperidine rings is 1. The minimum absolute atomic E-state index is 0.903. The van der Waals surface area contributed by atoms with Gasteiger partial charge in [0.25, 0.3) is 0 Å². The quantitative estimate of drug-likeness (QED) is 0.549. The summed E-state index contributed by atoms with van der Waals surface area (Å²) in [6.45, 7) is 5.35. The second-order valence-corrected chi connectivity index (χ2v) is 5.24. The molecule has 13 heavy (non-hydrogen) atoms. The molecule has 3 rings (SSSR count). The highest BCUT2D eigenvalue weighted by molar-refractivity contribution is 4.95. The van der Waals surface area contributed by atoms with E-state index in [2.05, 4.69) is 16.8 Å². The van der Waals surface area contributed by atoms with Crippen LogP contribution in [-0.2, 0) is 0 Å². The fraction of sp³-hybridized carbons (Fsp3) is 1.00. The van der Waals surface area contributed by atoms with E-state index in [4.69, 9.17) is 0 Å². The van der Waals surface area contributed by atoms with Crippen LogP contribution < -0.4 is 0 Å². The minimum atomic E-state index is 0.903. The zero-order valence-electron chi connectivity index (χ0n) is 8.58. The molecule has 2 heterocycles. The molecule has 0 bridgehead atoms. The van der Waals surface area contributed by atoms with Crippen molar-refractivity contribution in [1.29, 1.82) is 0 Å². The lowest BCUT2D eigenvalue weighted by Gasteiger charge is -2.52. The van der Waals surface area contributed by atoms with Crippen LogP contribution in [0.5, 0.6) is 0 Å². The van der Waals surface area contributed by atoms with Crippen LogP contribution in [0.3, 0.4) is 0 Å². The van der Waals surface area contributed by atoms with Gasteiger partial charge in [-0.3, -0.25) is 4.90 Å². The highest BCUT2D eigenvalue weighted by Gasteiger charge is 2.41. The molecule has 74 valence electrons. The Morgan fingerprint density at radius 2 is 1.85 bits per heavy atom. The maximum Gasteiger partial charge on any atom is 0.0226 e. The summed E-state index contributed by atoms with van der Waals surface area (Å²) >= 11 is 0. The van der Waals surface area contributed by atoms with Gasteiger partial charge in [0.1, 0.15) is 0 Å². The summed E-state index contributed by atoms with van der Waals surface area (Å²) in [7, 11) is 2.27. The predicted molar refractivity (Wildman–Crippen MR) is 53.7 cm³/mol. The molecule has 1 aliphatic carbocycles. The third kappa shape index (κ3) is 1.31. The number of piperazine rings is 1. The largest absolute Gasteiger partial charge is 0.304 e. The van der Waals surface area contributed by atoms with Crippen LogP contribution in [0.15, 0.2) is 0 Å². The van der Waals surface area contributed by atoms with Crippen molar-refractivity contribution in [3.63, 3.8) is 0 Å². The standard InChI is InChI=1S/C11H20N2/c1-12-4-5-13-7-10-3-2-9(10)6-11(13)8-12/h9-11H,2-8H2,1H3. The summed E-state index contributed by atoms with van der Waals surface area (Å²) in [6, 6.07) is 0.903. The van der Waals surface area contributed by atoms with Crippen LogP contribution in [0.25, 0.3) is 0 Å². The van der Waals surface area contributed by atoms with Crippen LogP contribution in [0, 0.1) is 11.8 Å². The minimum Gasteiger partial charge on any atom is -0.304 e. The van der Waals surface area contributed by atoms with E-state index in [1.807, 2.05) is 0 Å². The Morgan fingerprint density at radius 3 is 2.62 bits per heavy atom. The highest BCUT2D eigenvalue weighted by Crippen LogP contribution is 2.43. The van der Waals surface area contributed by atoms with Crippen molar-refractivity contribution in [3.05, 3.63) is 0 Å². The lowest BCUT2D eigenvalue weighted by Crippen LogP contribution is -2.59. The van der Waals surface area contributed by atoms with Crippen LogP contribution in [0.1, 0.15) is 19.3 Å². The van der Waals surface area contributed by atoms with Crippen molar-refractivity contribution in [2.75, 3.05) is 33.2 Å². The molecule has 0 aromatic rings. The van der Waals surface area contributed by atoms with Gasteiger partial charge in [-0.1, -0.05) is 0 Å². The van der Waals surface area contributed by atoms with Crippen LogP contribution in [0.4, 0.5) is 0 Å². The topological polar surface area (TPSA) is 6.48 Å². The van der Waals surface area contributed by atoms with E-state index in [9.17, 15) is 0 Å². The first-order valence-corrected chi connectivity index (χ1v) is 5.75. The third-order valence-electron chi connectivity index (χ3n) is 4.43. The maximum atomic E-state index is 2.75. The van der Waals surface area contributed by atoms with Gasteiger partial charge in [0.2, 0.25) is 0 Å². The summed E-state index contributed by atoms with van der Waals surface area (Å²) in [5.41, 5.74) is 0. The Balaban J connectivity index is 1.68. The van der Waals surface area contributed by atoms with Crippen LogP contribution in [0.2, 0.25) is 0 Å². The molecule has 3 aliphatic rings. The Bertz CT molecular complexity index is 204. The first-order valence-electron chi connectivity index (χ1n) is 5.75. The molecule has 0 aromatic heterocycles. The molecule has 2 nitrogen and oxygen atoms in total. The Labute approximate surface area is 80.9 Å². The van der Waals surface area contributed by atoms with Gasteiger partial charge >= 0.3 is 0 Å². The second-order valence-electron chi connectivity index (χ2n) is 5.24. The van der Waals surface area contributed by atoms with Crippen molar-refractivity contribution in [3.8, 4) is 0 Å². The van der Waals surface area contributed by atoms with Crippen molar-refractivity contribution in [2.24, 2.45) is 11.8 Å². The summed E-state index contributed by atoms with van der Waals surface area (Å²) in [4.78, 5) is 5.25. The average Bonchev–Trinajstić information content (AvgIpc) is 2.09. The van der Waals surface area contributed by atoms with Gasteiger partial charge in [-0.15, -0.1) is 0 Å². The van der Waals surface area contributed by atoms with Crippen molar-refractivity contribution in [2.45, 2.75) is 25.3 Å². The van der Waals surface area contributed by atoms with E-state index in [0.29, 0.717) is 0 Å². The zero-order valence-corrected chi connectivity index (χ0v) is 8.58. The number of rotatable bonds is 0. The second kappa shape index (κ2) is 2.96. The van der Waals surface area contributed by atoms with E-state index in [0.717, 1.165) is 17.9 Å². The van der Waals surface area contributed by atoms with Gasteiger partial charge in [0.15, 0.2) is 0 Å². The first kappa shape index (κ1) is 8.25. The predicted octanol–water partition coefficient (Wildman–Crippen LogP) is 1.03. The molecule has 0 spiro atoms. The smallest absolute Gasteiger partial charge is 0.0226 e. The SMILES string of the molecule is CN1CCN2CC3CCC3CC2C1. The normalized spacial score (nSPS) is 46.4. The lowest BCUT2D eigenvalue weighted by atomic mass is 9.67. The van der Waals surface area contributed by atoms with E-state index in [-0.39, 0.29) is 0 Å². The van der Waals surface area contributed by atoms with Crippen LogP contribution in [-0.4, -0.2) is 49.1 Å². The number of hydrogen-bond donors (Lipinski definition) is 0. The average molecular weight is 180 g/mol. The molecule has 0 amide bonds. The van der Waals surface area contributed by atoms with Crippen molar-refractivity contribution < 1.29 is 0 Å². The van der Waals surface area contributed by atoms with Crippen LogP contribution >= 0.6 is 0 Å². The Morgan fingerprint density at radius 1 is 1.00 bits per heavy atom. The fourth-order valence-corrected chi connectivity index (χ4v) is 3.35. The Hall–Kier alpha value is -0.0800. The van der Waals surface area contributed by atoms with Crippen molar-refractivity contribution in [1.82, 2.24) is 9.80 Å². The molecule has 3 unspecified atom stereocenters. The highest BCUT2D eigenvalue weighted by atomic mass is 15.3. The molecule has 3 fully saturated rings. The van der Waals surface area contributed by atoms with Gasteiger partial charge in [-0.2, -0.15) is 0 Å². The number of nitrogens with zero attached hydrogens (tertiary/aromatic N) is 2. The molecule has 3 atom stereocenters. The van der Waals surface area contributed by atoms with E-state index in [1.54, 1.807) is 0 Å². The fourth-order valence-electron chi connectivity index (χ4n) is 3.35. The molecule has 0 aromatic carbocycles. The number of fused-ring (bicyclic) bond motifs is 2. The summed E-state index contributed by atoms with van der Waals surface area (Å²) in [5.74, 6) is 2.19. The molecule has 2 aliphatic heterocycles. The molecule has 0 N–H and O–H groups in total. The monoisotopic (exact) mass is 180 g/mol. The third-order valence-corrected chi connectivity index (χ3v) is 4.43. The lowest BCUT2D eigenvalue weighted by molar-refractivity contribution is -0.0298. The summed E-state index contributed by atoms with van der Waals surface area (Å²) in [6.07, 6.45) is 4.54. The number of likely N-dealkylation sites (N-methyl/N-ethyl adjacent to an activating group) is 1. The van der Waals surface area contributed by atoms with E-state index >= 15 is 0 Å². The summed E-state index contributed by atoms with van der Waals surface area (Å²) in [5, 5.41) is 0. The first-order chi connectivity index (χ1) is 6.33. The van der Waals surface area contributed by atoms with Crippen molar-refractivity contribution >= 4 is 0 Å². The van der Waals surface area contributed by atoms with Gasteiger partial charge < -0.3 is 4.90 Å². The molecule has 1 saturated carbocycles. The van der Waals surface area contributed by atoms with E-state index < -0.39 is 0 Å². The van der Waals surface area contributed by atoms with E-state index in [1.165, 1.54) is 45.4 Å². The van der Waals surface area contributed by atoms with Gasteiger partial charge in [0, 0.05) is 32.2 Å². The molecule has 0 radical (unpaired) electrons. The molecular weight excluding hydrogens is 160 g/mol. The summed E-state index contributed by atoms with van der Waals surface area (Å²) < 4.78 is 0.